The molecule has 0 saturated carbocycles. The van der Waals surface area contributed by atoms with Gasteiger partial charge in [0, 0.05) is 45.4 Å². The van der Waals surface area contributed by atoms with E-state index in [1.54, 1.807) is 0 Å². The fourth-order valence-corrected chi connectivity index (χ4v) is 6.68. The summed E-state index contributed by atoms with van der Waals surface area (Å²) in [4.78, 5) is 9.74. The Labute approximate surface area is 263 Å². The second-order valence-corrected chi connectivity index (χ2v) is 12.2. The van der Waals surface area contributed by atoms with Gasteiger partial charge in [0.25, 0.3) is 0 Å². The van der Waals surface area contributed by atoms with E-state index in [2.05, 4.69) is 146 Å². The molecule has 3 nitrogen and oxygen atoms in total. The van der Waals surface area contributed by atoms with Crippen molar-refractivity contribution in [3.05, 3.63) is 151 Å². The smallest absolute Gasteiger partial charge is 0.0786 e. The number of hydrogen-bond donors (Lipinski definition) is 0. The lowest BCUT2D eigenvalue weighted by atomic mass is 9.94. The Bertz CT molecular complexity index is 2310. The van der Waals surface area contributed by atoms with Crippen LogP contribution in [0.5, 0.6) is 0 Å². The molecule has 0 aliphatic rings. The number of para-hydroxylation sites is 1. The summed E-state index contributed by atoms with van der Waals surface area (Å²) in [5.41, 5.74) is 12.5. The number of hydrogen-bond acceptors (Lipinski definition) is 2. The number of pyridine rings is 2. The predicted molar refractivity (Wildman–Crippen MR) is 189 cm³/mol. The maximum atomic E-state index is 4.90. The molecule has 0 bridgehead atoms. The van der Waals surface area contributed by atoms with E-state index in [1.165, 1.54) is 38.5 Å². The average molecular weight is 580 g/mol. The van der Waals surface area contributed by atoms with Crippen molar-refractivity contribution in [2.75, 3.05) is 0 Å². The van der Waals surface area contributed by atoms with Gasteiger partial charge in [0.05, 0.1) is 22.2 Å². The zero-order valence-electron chi connectivity index (χ0n) is 25.5. The van der Waals surface area contributed by atoms with Crippen molar-refractivity contribution in [2.45, 2.75) is 20.3 Å². The Hall–Kier alpha value is -5.54. The van der Waals surface area contributed by atoms with Crippen LogP contribution < -0.4 is 0 Å². The molecule has 8 rings (SSSR count). The molecule has 0 radical (unpaired) electrons. The van der Waals surface area contributed by atoms with Crippen LogP contribution in [-0.4, -0.2) is 14.5 Å². The third-order valence-corrected chi connectivity index (χ3v) is 8.71. The minimum Gasteiger partial charge on any atom is -0.309 e. The summed E-state index contributed by atoms with van der Waals surface area (Å²) in [7, 11) is 0. The lowest BCUT2D eigenvalue weighted by Crippen LogP contribution is -1.97. The first-order valence-electron chi connectivity index (χ1n) is 15.7. The van der Waals surface area contributed by atoms with Gasteiger partial charge in [-0.1, -0.05) is 111 Å². The Morgan fingerprint density at radius 3 is 2.18 bits per heavy atom. The van der Waals surface area contributed by atoms with Crippen molar-refractivity contribution >= 4 is 32.7 Å². The number of nitrogens with zero attached hydrogens (tertiary/aromatic N) is 3. The van der Waals surface area contributed by atoms with Crippen molar-refractivity contribution in [1.29, 1.82) is 0 Å². The molecule has 3 aromatic heterocycles. The largest absolute Gasteiger partial charge is 0.309 e. The van der Waals surface area contributed by atoms with Gasteiger partial charge in [-0.25, -0.2) is 0 Å². The molecular weight excluding hydrogens is 546 g/mol. The third-order valence-electron chi connectivity index (χ3n) is 8.71. The summed E-state index contributed by atoms with van der Waals surface area (Å²) in [5, 5.41) is 3.62. The summed E-state index contributed by atoms with van der Waals surface area (Å²) >= 11 is 0. The highest BCUT2D eigenvalue weighted by atomic mass is 15.0. The van der Waals surface area contributed by atoms with Gasteiger partial charge in [-0.3, -0.25) is 9.97 Å². The Morgan fingerprint density at radius 2 is 1.33 bits per heavy atom. The molecule has 0 unspecified atom stereocenters. The molecule has 5 aromatic carbocycles. The molecule has 45 heavy (non-hydrogen) atoms. The maximum absolute atomic E-state index is 4.90. The van der Waals surface area contributed by atoms with Gasteiger partial charge in [0.2, 0.25) is 0 Å². The van der Waals surface area contributed by atoms with Crippen molar-refractivity contribution < 1.29 is 0 Å². The summed E-state index contributed by atoms with van der Waals surface area (Å²) in [6.45, 7) is 4.49. The zero-order valence-corrected chi connectivity index (χ0v) is 25.5. The molecule has 216 valence electrons. The van der Waals surface area contributed by atoms with E-state index < -0.39 is 0 Å². The van der Waals surface area contributed by atoms with Crippen LogP contribution in [0, 0.1) is 5.92 Å². The molecule has 0 aliphatic heterocycles. The summed E-state index contributed by atoms with van der Waals surface area (Å²) in [5.74, 6) is 0.608. The number of aromatic nitrogens is 3. The monoisotopic (exact) mass is 579 g/mol. The molecule has 3 heteroatoms. The van der Waals surface area contributed by atoms with E-state index >= 15 is 0 Å². The summed E-state index contributed by atoms with van der Waals surface area (Å²) in [6, 6.07) is 47.8. The molecule has 0 atom stereocenters. The minimum atomic E-state index is 0.608. The van der Waals surface area contributed by atoms with Crippen molar-refractivity contribution in [3.8, 4) is 39.2 Å². The Balaban J connectivity index is 1.29. The first-order chi connectivity index (χ1) is 22.1. The highest BCUT2D eigenvalue weighted by Crippen LogP contribution is 2.39. The van der Waals surface area contributed by atoms with Crippen LogP contribution in [0.15, 0.2) is 146 Å². The van der Waals surface area contributed by atoms with Crippen LogP contribution in [0.1, 0.15) is 19.4 Å². The highest BCUT2D eigenvalue weighted by Gasteiger charge is 2.16. The van der Waals surface area contributed by atoms with Gasteiger partial charge in [-0.2, -0.15) is 0 Å². The van der Waals surface area contributed by atoms with E-state index in [1.807, 2.05) is 18.5 Å². The van der Waals surface area contributed by atoms with E-state index in [4.69, 9.17) is 9.97 Å². The van der Waals surface area contributed by atoms with Crippen LogP contribution in [0.2, 0.25) is 0 Å². The quantitative estimate of drug-likeness (QED) is 0.196. The van der Waals surface area contributed by atoms with Gasteiger partial charge >= 0.3 is 0 Å². The Morgan fingerprint density at radius 1 is 0.556 bits per heavy atom. The second kappa shape index (κ2) is 11.2. The molecule has 3 heterocycles. The van der Waals surface area contributed by atoms with Gasteiger partial charge in [0.15, 0.2) is 0 Å². The van der Waals surface area contributed by atoms with Gasteiger partial charge in [-0.05, 0) is 71.0 Å². The Kier molecular flexibility index (Phi) is 6.72. The fraction of sp³-hybridized carbons (Fsp3) is 0.0952. The summed E-state index contributed by atoms with van der Waals surface area (Å²) < 4.78 is 2.39. The van der Waals surface area contributed by atoms with Crippen LogP contribution in [-0.2, 0) is 6.42 Å². The highest BCUT2D eigenvalue weighted by molar-refractivity contribution is 6.11. The van der Waals surface area contributed by atoms with Crippen molar-refractivity contribution in [1.82, 2.24) is 14.5 Å². The first kappa shape index (κ1) is 27.0. The van der Waals surface area contributed by atoms with Crippen LogP contribution in [0.3, 0.4) is 0 Å². The minimum absolute atomic E-state index is 0.608. The maximum Gasteiger partial charge on any atom is 0.0786 e. The number of rotatable bonds is 6. The lowest BCUT2D eigenvalue weighted by Gasteiger charge is -2.13. The van der Waals surface area contributed by atoms with E-state index in [9.17, 15) is 0 Å². The second-order valence-electron chi connectivity index (χ2n) is 12.2. The number of benzene rings is 5. The SMILES string of the molecule is CC(C)Cc1ccc(-c2cccc(-n3c4ccccc4c4ccc(-c5ccc(-c6ccccc6)c6cccnc56)cc43)c2)nc1. The van der Waals surface area contributed by atoms with Gasteiger partial charge in [-0.15, -0.1) is 0 Å². The molecule has 0 amide bonds. The molecule has 0 fully saturated rings. The van der Waals surface area contributed by atoms with E-state index in [-0.39, 0.29) is 0 Å². The normalized spacial score (nSPS) is 11.6. The molecule has 0 spiro atoms. The van der Waals surface area contributed by atoms with E-state index in [0.29, 0.717) is 5.92 Å². The first-order valence-corrected chi connectivity index (χ1v) is 15.7. The standard InChI is InChI=1S/C42H33N3/c1-28(2)24-29-17-22-39(44-27-29)32-12-8-13-33(25-32)45-40-16-7-6-14-36(40)37-19-18-31(26-41(37)45)35-21-20-34(30-10-4-3-5-11-30)38-15-9-23-43-42(35)38/h3-23,25-28H,24H2,1-2H3. The average Bonchev–Trinajstić information content (AvgIpc) is 3.42. The van der Waals surface area contributed by atoms with Gasteiger partial charge < -0.3 is 4.57 Å². The lowest BCUT2D eigenvalue weighted by molar-refractivity contribution is 0.646. The van der Waals surface area contributed by atoms with Crippen LogP contribution in [0.4, 0.5) is 0 Å². The van der Waals surface area contributed by atoms with Crippen LogP contribution >= 0.6 is 0 Å². The third kappa shape index (κ3) is 4.87. The zero-order chi connectivity index (χ0) is 30.3. The molecule has 0 saturated heterocycles. The van der Waals surface area contributed by atoms with Crippen molar-refractivity contribution in [2.24, 2.45) is 5.92 Å². The van der Waals surface area contributed by atoms with Crippen molar-refractivity contribution in [3.63, 3.8) is 0 Å². The van der Waals surface area contributed by atoms with E-state index in [0.717, 1.165) is 45.4 Å². The van der Waals surface area contributed by atoms with Crippen LogP contribution in [0.25, 0.3) is 71.9 Å². The van der Waals surface area contributed by atoms with Gasteiger partial charge in [0.1, 0.15) is 0 Å². The predicted octanol–water partition coefficient (Wildman–Crippen LogP) is 10.9. The molecule has 0 N–H and O–H groups in total. The molecule has 8 aromatic rings. The number of fused-ring (bicyclic) bond motifs is 4. The molecule has 0 aliphatic carbocycles. The fourth-order valence-electron chi connectivity index (χ4n) is 6.68. The topological polar surface area (TPSA) is 30.7 Å². The molecular formula is C42H33N3. The summed E-state index contributed by atoms with van der Waals surface area (Å²) in [6.07, 6.45) is 4.96.